The number of nitrogens with zero attached hydrogens (tertiary/aromatic N) is 1. The number of likely N-dealkylation sites (N-methyl/N-ethyl adjacent to an activating group) is 1. The molecule has 2 rings (SSSR count). The van der Waals surface area contributed by atoms with Crippen molar-refractivity contribution in [1.82, 2.24) is 10.2 Å². The smallest absolute Gasteiger partial charge is 0.260 e. The van der Waals surface area contributed by atoms with Gasteiger partial charge in [0.25, 0.3) is 5.91 Å². The minimum absolute atomic E-state index is 0.0279. The molecule has 124 valence electrons. The summed E-state index contributed by atoms with van der Waals surface area (Å²) in [6.07, 6.45) is 2.03. The molecule has 3 amide bonds. The molecule has 0 aliphatic heterocycles. The Balaban J connectivity index is 1.74. The molecule has 0 radical (unpaired) electrons. The van der Waals surface area contributed by atoms with Gasteiger partial charge < -0.3 is 20.3 Å². The summed E-state index contributed by atoms with van der Waals surface area (Å²) in [5, 5.41) is 5.47. The predicted molar refractivity (Wildman–Crippen MR) is 85.0 cm³/mol. The molecule has 7 nitrogen and oxygen atoms in total. The second-order valence-electron chi connectivity index (χ2n) is 5.59. The Labute approximate surface area is 135 Å². The highest BCUT2D eigenvalue weighted by molar-refractivity contribution is 5.88. The molecule has 1 fully saturated rings. The van der Waals surface area contributed by atoms with Crippen LogP contribution in [0.5, 0.6) is 5.75 Å². The van der Waals surface area contributed by atoms with Crippen molar-refractivity contribution in [3.63, 3.8) is 0 Å². The second kappa shape index (κ2) is 7.62. The quantitative estimate of drug-likeness (QED) is 0.777. The van der Waals surface area contributed by atoms with E-state index < -0.39 is 0 Å². The maximum absolute atomic E-state index is 11.9. The van der Waals surface area contributed by atoms with Crippen molar-refractivity contribution in [2.24, 2.45) is 0 Å². The van der Waals surface area contributed by atoms with Crippen LogP contribution in [0.25, 0.3) is 0 Å². The molecule has 0 aromatic heterocycles. The van der Waals surface area contributed by atoms with Crippen LogP contribution in [0.1, 0.15) is 19.8 Å². The summed E-state index contributed by atoms with van der Waals surface area (Å²) in [6.45, 7) is 1.31. The number of rotatable bonds is 7. The number of carbonyl (C=O) groups is 3. The topological polar surface area (TPSA) is 87.7 Å². The molecule has 1 aliphatic carbocycles. The fourth-order valence-corrected chi connectivity index (χ4v) is 1.90. The third-order valence-electron chi connectivity index (χ3n) is 3.29. The van der Waals surface area contributed by atoms with Crippen LogP contribution in [0.2, 0.25) is 0 Å². The lowest BCUT2D eigenvalue weighted by Gasteiger charge is -2.17. The van der Waals surface area contributed by atoms with Gasteiger partial charge in [-0.25, -0.2) is 0 Å². The minimum atomic E-state index is -0.276. The fourth-order valence-electron chi connectivity index (χ4n) is 1.90. The van der Waals surface area contributed by atoms with Gasteiger partial charge in [0, 0.05) is 25.7 Å². The zero-order valence-electron chi connectivity index (χ0n) is 13.3. The first-order valence-corrected chi connectivity index (χ1v) is 7.48. The van der Waals surface area contributed by atoms with Crippen LogP contribution in [0.4, 0.5) is 5.69 Å². The number of anilines is 1. The summed E-state index contributed by atoms with van der Waals surface area (Å²) in [7, 11) is 1.57. The van der Waals surface area contributed by atoms with Gasteiger partial charge >= 0.3 is 0 Å². The van der Waals surface area contributed by atoms with Gasteiger partial charge in [0.1, 0.15) is 5.75 Å². The zero-order valence-corrected chi connectivity index (χ0v) is 13.3. The van der Waals surface area contributed by atoms with Gasteiger partial charge in [-0.1, -0.05) is 0 Å². The van der Waals surface area contributed by atoms with Gasteiger partial charge in [0.15, 0.2) is 6.61 Å². The van der Waals surface area contributed by atoms with Crippen LogP contribution in [0.15, 0.2) is 24.3 Å². The lowest BCUT2D eigenvalue weighted by Crippen LogP contribution is -2.40. The lowest BCUT2D eigenvalue weighted by atomic mass is 10.3. The standard InChI is InChI=1S/C16H21N3O4/c1-11(20)17-12-5-7-14(8-6-12)23-10-16(22)19(2)9-15(21)18-13-3-4-13/h5-8,13H,3-4,9-10H2,1-2H3,(H,17,20)(H,18,21). The summed E-state index contributed by atoms with van der Waals surface area (Å²) >= 11 is 0. The van der Waals surface area contributed by atoms with E-state index in [1.165, 1.54) is 11.8 Å². The molecule has 0 unspecified atom stereocenters. The van der Waals surface area contributed by atoms with E-state index in [1.54, 1.807) is 31.3 Å². The Morgan fingerprint density at radius 2 is 1.87 bits per heavy atom. The summed E-state index contributed by atoms with van der Waals surface area (Å²) in [5.41, 5.74) is 0.657. The van der Waals surface area contributed by atoms with Crippen molar-refractivity contribution in [3.05, 3.63) is 24.3 Å². The monoisotopic (exact) mass is 319 g/mol. The fraction of sp³-hybridized carbons (Fsp3) is 0.438. The van der Waals surface area contributed by atoms with Crippen LogP contribution in [0, 0.1) is 0 Å². The molecular weight excluding hydrogens is 298 g/mol. The molecule has 1 aliphatic rings. The van der Waals surface area contributed by atoms with Gasteiger partial charge in [-0.05, 0) is 37.1 Å². The molecule has 1 saturated carbocycles. The highest BCUT2D eigenvalue weighted by atomic mass is 16.5. The average molecular weight is 319 g/mol. The van der Waals surface area contributed by atoms with Crippen molar-refractivity contribution in [1.29, 1.82) is 0 Å². The van der Waals surface area contributed by atoms with Gasteiger partial charge in [-0.3, -0.25) is 14.4 Å². The van der Waals surface area contributed by atoms with Crippen LogP contribution in [-0.4, -0.2) is 48.9 Å². The number of benzene rings is 1. The Hall–Kier alpha value is -2.57. The molecule has 0 heterocycles. The summed E-state index contributed by atoms with van der Waals surface area (Å²) in [4.78, 5) is 35.8. The number of amides is 3. The lowest BCUT2D eigenvalue weighted by molar-refractivity contribution is -0.136. The average Bonchev–Trinajstić information content (AvgIpc) is 3.29. The maximum Gasteiger partial charge on any atom is 0.260 e. The molecule has 1 aromatic carbocycles. The first-order chi connectivity index (χ1) is 10.9. The van der Waals surface area contributed by atoms with E-state index in [4.69, 9.17) is 4.74 Å². The van der Waals surface area contributed by atoms with Gasteiger partial charge in [0.05, 0.1) is 6.54 Å². The maximum atomic E-state index is 11.9. The van der Waals surface area contributed by atoms with Crippen molar-refractivity contribution in [2.45, 2.75) is 25.8 Å². The van der Waals surface area contributed by atoms with Crippen molar-refractivity contribution in [3.8, 4) is 5.75 Å². The molecule has 0 saturated heterocycles. The zero-order chi connectivity index (χ0) is 16.8. The van der Waals surface area contributed by atoms with Crippen molar-refractivity contribution >= 4 is 23.4 Å². The van der Waals surface area contributed by atoms with E-state index >= 15 is 0 Å². The Morgan fingerprint density at radius 1 is 1.22 bits per heavy atom. The Bertz CT molecular complexity index is 581. The van der Waals surface area contributed by atoms with Crippen LogP contribution < -0.4 is 15.4 Å². The van der Waals surface area contributed by atoms with Gasteiger partial charge in [0.2, 0.25) is 11.8 Å². The molecular formula is C16H21N3O4. The first-order valence-electron chi connectivity index (χ1n) is 7.48. The number of carbonyl (C=O) groups excluding carboxylic acids is 3. The van der Waals surface area contributed by atoms with Gasteiger partial charge in [-0.15, -0.1) is 0 Å². The normalized spacial score (nSPS) is 13.1. The molecule has 0 atom stereocenters. The SMILES string of the molecule is CC(=O)Nc1ccc(OCC(=O)N(C)CC(=O)NC2CC2)cc1. The summed E-state index contributed by atoms with van der Waals surface area (Å²) < 4.78 is 5.39. The largest absolute Gasteiger partial charge is 0.484 e. The first kappa shape index (κ1) is 16.8. The van der Waals surface area contributed by atoms with Crippen LogP contribution in [-0.2, 0) is 14.4 Å². The number of nitrogens with one attached hydrogen (secondary N) is 2. The molecule has 0 spiro atoms. The van der Waals surface area contributed by atoms with E-state index in [1.807, 2.05) is 0 Å². The number of hydrogen-bond donors (Lipinski definition) is 2. The van der Waals surface area contributed by atoms with E-state index in [-0.39, 0.29) is 36.9 Å². The molecule has 7 heteroatoms. The van der Waals surface area contributed by atoms with E-state index in [9.17, 15) is 14.4 Å². The Kier molecular flexibility index (Phi) is 5.56. The molecule has 1 aromatic rings. The van der Waals surface area contributed by atoms with Crippen molar-refractivity contribution in [2.75, 3.05) is 25.5 Å². The molecule has 23 heavy (non-hydrogen) atoms. The third kappa shape index (κ3) is 5.98. The van der Waals surface area contributed by atoms with E-state index in [2.05, 4.69) is 10.6 Å². The molecule has 0 bridgehead atoms. The number of ether oxygens (including phenoxy) is 1. The van der Waals surface area contributed by atoms with Crippen molar-refractivity contribution < 1.29 is 19.1 Å². The van der Waals surface area contributed by atoms with Gasteiger partial charge in [-0.2, -0.15) is 0 Å². The van der Waals surface area contributed by atoms with E-state index in [0.717, 1.165) is 12.8 Å². The van der Waals surface area contributed by atoms with Crippen LogP contribution in [0.3, 0.4) is 0 Å². The Morgan fingerprint density at radius 3 is 2.43 bits per heavy atom. The third-order valence-corrected chi connectivity index (χ3v) is 3.29. The summed E-state index contributed by atoms with van der Waals surface area (Å²) in [6, 6.07) is 6.99. The highest BCUT2D eigenvalue weighted by Gasteiger charge is 2.24. The molecule has 2 N–H and O–H groups in total. The highest BCUT2D eigenvalue weighted by Crippen LogP contribution is 2.18. The summed E-state index contributed by atoms with van der Waals surface area (Å²) in [5.74, 6) is -0.0619. The minimum Gasteiger partial charge on any atom is -0.484 e. The van der Waals surface area contributed by atoms with E-state index in [0.29, 0.717) is 11.4 Å². The predicted octanol–water partition coefficient (Wildman–Crippen LogP) is 0.761. The second-order valence-corrected chi connectivity index (χ2v) is 5.59. The van der Waals surface area contributed by atoms with Crippen LogP contribution >= 0.6 is 0 Å². The number of hydrogen-bond acceptors (Lipinski definition) is 4.